The second kappa shape index (κ2) is 8.65. The van der Waals surface area contributed by atoms with E-state index >= 15 is 0 Å². The Balaban J connectivity index is 1.37. The van der Waals surface area contributed by atoms with E-state index in [9.17, 15) is 19.5 Å². The molecule has 2 aromatic rings. The van der Waals surface area contributed by atoms with Crippen molar-refractivity contribution in [2.24, 2.45) is 5.92 Å². The summed E-state index contributed by atoms with van der Waals surface area (Å²) in [6.45, 7) is 3.31. The third-order valence-corrected chi connectivity index (χ3v) is 6.48. The molecule has 0 heterocycles. The molecule has 2 aliphatic rings. The van der Waals surface area contributed by atoms with Gasteiger partial charge in [-0.25, -0.2) is 4.79 Å². The highest BCUT2D eigenvalue weighted by molar-refractivity contribution is 5.90. The van der Waals surface area contributed by atoms with Gasteiger partial charge in [-0.1, -0.05) is 55.0 Å². The average molecular weight is 437 g/mol. The highest BCUT2D eigenvalue weighted by Crippen LogP contribution is 2.44. The number of fused-ring (bicyclic) bond motifs is 3. The third-order valence-electron chi connectivity index (χ3n) is 6.48. The molecule has 0 bridgehead atoms. The van der Waals surface area contributed by atoms with E-state index in [0.717, 1.165) is 28.7 Å². The van der Waals surface area contributed by atoms with Crippen LogP contribution >= 0.6 is 0 Å². The van der Waals surface area contributed by atoms with Crippen LogP contribution in [-0.2, 0) is 14.3 Å². The molecular weight excluding hydrogens is 408 g/mol. The van der Waals surface area contributed by atoms with Gasteiger partial charge in [0.2, 0.25) is 5.91 Å². The van der Waals surface area contributed by atoms with Crippen molar-refractivity contribution in [3.8, 4) is 11.1 Å². The molecule has 0 aromatic heterocycles. The maximum Gasteiger partial charge on any atom is 0.408 e. The Bertz CT molecular complexity index is 1000. The van der Waals surface area contributed by atoms with Crippen LogP contribution in [0.15, 0.2) is 48.5 Å². The second-order valence-electron chi connectivity index (χ2n) is 9.03. The summed E-state index contributed by atoms with van der Waals surface area (Å²) in [6, 6.07) is 15.7. The minimum atomic E-state index is -1.24. The van der Waals surface area contributed by atoms with Crippen LogP contribution in [0.25, 0.3) is 11.1 Å². The number of carboxylic acid groups (broad SMARTS) is 1. The van der Waals surface area contributed by atoms with Crippen molar-refractivity contribution in [2.45, 2.75) is 50.6 Å². The molecular formula is C25H28N2O5. The van der Waals surface area contributed by atoms with Gasteiger partial charge in [0.15, 0.2) is 0 Å². The number of aliphatic carboxylic acids is 1. The summed E-state index contributed by atoms with van der Waals surface area (Å²) in [4.78, 5) is 36.7. The molecule has 2 amide bonds. The van der Waals surface area contributed by atoms with Gasteiger partial charge in [0.05, 0.1) is 5.92 Å². The maximum atomic E-state index is 12.7. The van der Waals surface area contributed by atoms with Gasteiger partial charge in [-0.2, -0.15) is 0 Å². The molecule has 2 unspecified atom stereocenters. The lowest BCUT2D eigenvalue weighted by atomic mass is 9.98. The van der Waals surface area contributed by atoms with E-state index in [-0.39, 0.29) is 12.5 Å². The van der Waals surface area contributed by atoms with E-state index in [2.05, 4.69) is 22.8 Å². The summed E-state index contributed by atoms with van der Waals surface area (Å²) in [6.07, 6.45) is 1.22. The number of ether oxygens (including phenoxy) is 1. The zero-order chi connectivity index (χ0) is 22.9. The van der Waals surface area contributed by atoms with Crippen LogP contribution < -0.4 is 10.6 Å². The van der Waals surface area contributed by atoms with Crippen LogP contribution in [0.5, 0.6) is 0 Å². The van der Waals surface area contributed by atoms with Crippen molar-refractivity contribution in [3.05, 3.63) is 59.7 Å². The number of amides is 2. The lowest BCUT2D eigenvalue weighted by Crippen LogP contribution is -2.57. The summed E-state index contributed by atoms with van der Waals surface area (Å²) < 4.78 is 5.53. The monoisotopic (exact) mass is 436 g/mol. The van der Waals surface area contributed by atoms with E-state index in [1.807, 2.05) is 36.4 Å². The Hall–Kier alpha value is -3.35. The predicted molar refractivity (Wildman–Crippen MR) is 119 cm³/mol. The first-order valence-electron chi connectivity index (χ1n) is 10.9. The van der Waals surface area contributed by atoms with Crippen LogP contribution in [0.1, 0.15) is 50.2 Å². The molecule has 0 spiro atoms. The number of carbonyl (C=O) groups is 3. The summed E-state index contributed by atoms with van der Waals surface area (Å²) in [5, 5.41) is 14.7. The molecule has 7 nitrogen and oxygen atoms in total. The Morgan fingerprint density at radius 1 is 1.00 bits per heavy atom. The quantitative estimate of drug-likeness (QED) is 0.641. The normalized spacial score (nSPS) is 19.7. The number of carboxylic acids is 1. The summed E-state index contributed by atoms with van der Waals surface area (Å²) in [5.74, 6) is -2.00. The number of hydrogen-bond acceptors (Lipinski definition) is 4. The standard InChI is InChI=1S/C25H28N2O5/c1-25(2,23(30)26-21-13-7-12-19(21)22(28)29)27-24(31)32-14-20-17-10-5-3-8-15(17)16-9-4-6-11-18(16)20/h3-6,8-11,19-21H,7,12-14H2,1-2H3,(H,26,30)(H,27,31)(H,28,29). The fourth-order valence-corrected chi connectivity index (χ4v) is 4.72. The Kier molecular flexibility index (Phi) is 5.91. The van der Waals surface area contributed by atoms with Gasteiger partial charge in [0.1, 0.15) is 12.1 Å². The lowest BCUT2D eigenvalue weighted by molar-refractivity contribution is -0.142. The Morgan fingerprint density at radius 3 is 2.19 bits per heavy atom. The van der Waals surface area contributed by atoms with Crippen LogP contribution in [0.3, 0.4) is 0 Å². The highest BCUT2D eigenvalue weighted by atomic mass is 16.5. The SMILES string of the molecule is CC(C)(NC(=O)OCC1c2ccccc2-c2ccccc21)C(=O)NC1CCCC1C(=O)O. The minimum Gasteiger partial charge on any atom is -0.481 e. The van der Waals surface area contributed by atoms with Gasteiger partial charge in [-0.15, -0.1) is 0 Å². The summed E-state index contributed by atoms with van der Waals surface area (Å²) in [5.41, 5.74) is 3.26. The minimum absolute atomic E-state index is 0.0695. The van der Waals surface area contributed by atoms with Crippen LogP contribution in [-0.4, -0.2) is 41.3 Å². The smallest absolute Gasteiger partial charge is 0.408 e. The molecule has 7 heteroatoms. The molecule has 1 fully saturated rings. The molecule has 2 atom stereocenters. The maximum absolute atomic E-state index is 12.7. The predicted octanol–water partition coefficient (Wildman–Crippen LogP) is 3.67. The molecule has 0 saturated heterocycles. The zero-order valence-corrected chi connectivity index (χ0v) is 18.3. The largest absolute Gasteiger partial charge is 0.481 e. The average Bonchev–Trinajstić information content (AvgIpc) is 3.34. The fraction of sp³-hybridized carbons (Fsp3) is 0.400. The van der Waals surface area contributed by atoms with Gasteiger partial charge in [0, 0.05) is 12.0 Å². The van der Waals surface area contributed by atoms with Crippen molar-refractivity contribution in [2.75, 3.05) is 6.61 Å². The first kappa shape index (κ1) is 21.9. The van der Waals surface area contributed by atoms with Crippen molar-refractivity contribution in [1.82, 2.24) is 10.6 Å². The molecule has 168 valence electrons. The summed E-state index contributed by atoms with van der Waals surface area (Å²) >= 11 is 0. The third kappa shape index (κ3) is 4.20. The number of rotatable bonds is 6. The van der Waals surface area contributed by atoms with Gasteiger partial charge in [-0.05, 0) is 48.9 Å². The molecule has 0 aliphatic heterocycles. The van der Waals surface area contributed by atoms with E-state index in [1.165, 1.54) is 0 Å². The van der Waals surface area contributed by atoms with E-state index < -0.39 is 35.5 Å². The second-order valence-corrected chi connectivity index (χ2v) is 9.03. The van der Waals surface area contributed by atoms with Crippen LogP contribution in [0.4, 0.5) is 4.79 Å². The van der Waals surface area contributed by atoms with E-state index in [1.54, 1.807) is 13.8 Å². The van der Waals surface area contributed by atoms with Crippen molar-refractivity contribution >= 4 is 18.0 Å². The Morgan fingerprint density at radius 2 is 1.59 bits per heavy atom. The molecule has 2 aromatic carbocycles. The zero-order valence-electron chi connectivity index (χ0n) is 18.3. The molecule has 0 radical (unpaired) electrons. The first-order chi connectivity index (χ1) is 15.3. The van der Waals surface area contributed by atoms with Gasteiger partial charge < -0.3 is 20.5 Å². The van der Waals surface area contributed by atoms with Gasteiger partial charge >= 0.3 is 12.1 Å². The van der Waals surface area contributed by atoms with Crippen molar-refractivity contribution in [1.29, 1.82) is 0 Å². The molecule has 1 saturated carbocycles. The first-order valence-corrected chi connectivity index (χ1v) is 10.9. The van der Waals surface area contributed by atoms with Gasteiger partial charge in [-0.3, -0.25) is 9.59 Å². The number of hydrogen-bond donors (Lipinski definition) is 3. The van der Waals surface area contributed by atoms with Gasteiger partial charge in [0.25, 0.3) is 0 Å². The number of alkyl carbamates (subject to hydrolysis) is 1. The number of benzene rings is 2. The summed E-state index contributed by atoms with van der Waals surface area (Å²) in [7, 11) is 0. The Labute approximate surface area is 187 Å². The fourth-order valence-electron chi connectivity index (χ4n) is 4.72. The number of carbonyl (C=O) groups excluding carboxylic acids is 2. The topological polar surface area (TPSA) is 105 Å². The van der Waals surface area contributed by atoms with Crippen LogP contribution in [0, 0.1) is 5.92 Å². The van der Waals surface area contributed by atoms with Crippen LogP contribution in [0.2, 0.25) is 0 Å². The lowest BCUT2D eigenvalue weighted by Gasteiger charge is -2.28. The van der Waals surface area contributed by atoms with Crippen molar-refractivity contribution < 1.29 is 24.2 Å². The molecule has 2 aliphatic carbocycles. The van der Waals surface area contributed by atoms with E-state index in [0.29, 0.717) is 12.8 Å². The molecule has 32 heavy (non-hydrogen) atoms. The highest BCUT2D eigenvalue weighted by Gasteiger charge is 2.38. The van der Waals surface area contributed by atoms with Crippen molar-refractivity contribution in [3.63, 3.8) is 0 Å². The van der Waals surface area contributed by atoms with E-state index in [4.69, 9.17) is 4.74 Å². The number of nitrogens with one attached hydrogen (secondary N) is 2. The molecule has 4 rings (SSSR count). The molecule has 3 N–H and O–H groups in total.